The third-order valence-electron chi connectivity index (χ3n) is 6.30. The Bertz CT molecular complexity index is 1230. The number of benzene rings is 2. The van der Waals surface area contributed by atoms with Crippen LogP contribution in [0.3, 0.4) is 0 Å². The van der Waals surface area contributed by atoms with Gasteiger partial charge in [-0.25, -0.2) is 18.7 Å². The summed E-state index contributed by atoms with van der Waals surface area (Å²) in [6.45, 7) is 3.46. The summed E-state index contributed by atoms with van der Waals surface area (Å²) in [6, 6.07) is 15.8. The monoisotopic (exact) mass is 495 g/mol. The van der Waals surface area contributed by atoms with Crippen LogP contribution < -0.4 is 26.6 Å². The molecule has 1 fully saturated rings. The van der Waals surface area contributed by atoms with E-state index in [1.54, 1.807) is 54.6 Å². The summed E-state index contributed by atoms with van der Waals surface area (Å²) >= 11 is 0. The Morgan fingerprint density at radius 3 is 2.50 bits per heavy atom. The van der Waals surface area contributed by atoms with Gasteiger partial charge in [0.15, 0.2) is 5.82 Å². The molecule has 0 radical (unpaired) electrons. The summed E-state index contributed by atoms with van der Waals surface area (Å²) in [5.74, 6) is 0.152. The average molecular weight is 496 g/mol. The van der Waals surface area contributed by atoms with E-state index < -0.39 is 12.1 Å². The van der Waals surface area contributed by atoms with Crippen molar-refractivity contribution >= 4 is 28.8 Å². The molecule has 0 unspecified atom stereocenters. The molecule has 0 saturated carbocycles. The Morgan fingerprint density at radius 2 is 1.89 bits per heavy atom. The van der Waals surface area contributed by atoms with E-state index in [-0.39, 0.29) is 24.3 Å². The molecule has 1 aromatic heterocycles. The molecule has 1 amide bonds. The van der Waals surface area contributed by atoms with Gasteiger partial charge in [-0.2, -0.15) is 0 Å². The molecule has 11 heteroatoms. The first-order valence-electron chi connectivity index (χ1n) is 11.7. The van der Waals surface area contributed by atoms with Gasteiger partial charge >= 0.3 is 0 Å². The lowest BCUT2D eigenvalue weighted by molar-refractivity contribution is -0.114. The number of anilines is 4. The predicted molar refractivity (Wildman–Crippen MR) is 134 cm³/mol. The van der Waals surface area contributed by atoms with E-state index in [1.165, 1.54) is 0 Å². The van der Waals surface area contributed by atoms with Crippen LogP contribution in [0.4, 0.5) is 31.7 Å². The second-order valence-electron chi connectivity index (χ2n) is 8.79. The second-order valence-corrected chi connectivity index (χ2v) is 8.79. The number of carbonyl (C=O) groups is 1. The number of aromatic nitrogens is 2. The van der Waals surface area contributed by atoms with Gasteiger partial charge in [-0.3, -0.25) is 4.79 Å². The molecule has 0 bridgehead atoms. The van der Waals surface area contributed by atoms with E-state index in [0.717, 1.165) is 0 Å². The van der Waals surface area contributed by atoms with Gasteiger partial charge in [-0.1, -0.05) is 24.3 Å². The Hall–Kier alpha value is -3.83. The number of rotatable bonds is 6. The third kappa shape index (κ3) is 4.42. The summed E-state index contributed by atoms with van der Waals surface area (Å²) in [5.41, 5.74) is 6.20. The van der Waals surface area contributed by atoms with E-state index in [0.29, 0.717) is 53.9 Å². The fourth-order valence-electron chi connectivity index (χ4n) is 4.39. The van der Waals surface area contributed by atoms with E-state index in [9.17, 15) is 13.6 Å². The molecule has 5 rings (SSSR count). The Labute approximate surface area is 207 Å². The van der Waals surface area contributed by atoms with Crippen LogP contribution in [0.25, 0.3) is 11.3 Å². The van der Waals surface area contributed by atoms with Crippen LogP contribution in [-0.2, 0) is 15.2 Å². The molecule has 0 aliphatic carbocycles. The summed E-state index contributed by atoms with van der Waals surface area (Å²) in [7, 11) is 0. The lowest BCUT2D eigenvalue weighted by Gasteiger charge is -2.36. The number of nitrogens with one attached hydrogen (secondary N) is 3. The van der Waals surface area contributed by atoms with Crippen LogP contribution in [-0.4, -0.2) is 54.6 Å². The summed E-state index contributed by atoms with van der Waals surface area (Å²) in [6.07, 6.45) is -2.86. The number of nitrogens with zero attached hydrogens (tertiary/aromatic N) is 3. The van der Waals surface area contributed by atoms with Gasteiger partial charge in [0.25, 0.3) is 6.43 Å². The maximum absolute atomic E-state index is 14.7. The first-order valence-corrected chi connectivity index (χ1v) is 11.7. The van der Waals surface area contributed by atoms with Crippen molar-refractivity contribution < 1.29 is 18.3 Å². The molecule has 0 spiro atoms. The van der Waals surface area contributed by atoms with Gasteiger partial charge < -0.3 is 31.3 Å². The van der Waals surface area contributed by atoms with E-state index in [1.807, 2.05) is 11.8 Å². The lowest BCUT2D eigenvalue weighted by atomic mass is 10.1. The average Bonchev–Trinajstić information content (AvgIpc) is 3.30. The zero-order valence-corrected chi connectivity index (χ0v) is 19.7. The van der Waals surface area contributed by atoms with Crippen LogP contribution in [0, 0.1) is 0 Å². The van der Waals surface area contributed by atoms with Crippen molar-refractivity contribution in [2.45, 2.75) is 25.1 Å². The molecule has 5 N–H and O–H groups in total. The SMILES string of the molecule is C[C@H]1COCCN1c1cc(-c2ccc(NC(=O)CN)cc2)nc(C2(C(F)F)Nc3ccccc3N2)n1. The number of nitrogens with two attached hydrogens (primary N) is 1. The van der Waals surface area contributed by atoms with Crippen molar-refractivity contribution in [1.29, 1.82) is 0 Å². The highest BCUT2D eigenvalue weighted by molar-refractivity contribution is 5.92. The fourth-order valence-corrected chi connectivity index (χ4v) is 4.39. The van der Waals surface area contributed by atoms with Crippen molar-refractivity contribution in [3.8, 4) is 11.3 Å². The zero-order chi connectivity index (χ0) is 25.3. The number of fused-ring (bicyclic) bond motifs is 1. The summed E-state index contributed by atoms with van der Waals surface area (Å²) in [5, 5.41) is 8.55. The van der Waals surface area contributed by atoms with Crippen molar-refractivity contribution in [3.05, 3.63) is 60.4 Å². The highest BCUT2D eigenvalue weighted by Crippen LogP contribution is 2.42. The Morgan fingerprint density at radius 1 is 1.19 bits per heavy atom. The first-order chi connectivity index (χ1) is 17.4. The van der Waals surface area contributed by atoms with Crippen LogP contribution in [0.2, 0.25) is 0 Å². The van der Waals surface area contributed by atoms with Crippen LogP contribution in [0.1, 0.15) is 12.7 Å². The van der Waals surface area contributed by atoms with Gasteiger partial charge in [0.05, 0.1) is 42.9 Å². The molecule has 1 saturated heterocycles. The number of hydrogen-bond acceptors (Lipinski definition) is 8. The molecule has 3 aromatic rings. The Balaban J connectivity index is 1.59. The van der Waals surface area contributed by atoms with Gasteiger partial charge in [-0.15, -0.1) is 0 Å². The predicted octanol–water partition coefficient (Wildman–Crippen LogP) is 3.22. The number of alkyl halides is 2. The third-order valence-corrected chi connectivity index (χ3v) is 6.30. The fraction of sp³-hybridized carbons (Fsp3) is 0.320. The van der Waals surface area contributed by atoms with E-state index in [2.05, 4.69) is 25.9 Å². The number of amides is 1. The van der Waals surface area contributed by atoms with Crippen LogP contribution in [0.15, 0.2) is 54.6 Å². The molecule has 3 heterocycles. The second kappa shape index (κ2) is 9.67. The number of hydrogen-bond donors (Lipinski definition) is 4. The van der Waals surface area contributed by atoms with Crippen LogP contribution in [0.5, 0.6) is 0 Å². The largest absolute Gasteiger partial charge is 0.377 e. The smallest absolute Gasteiger partial charge is 0.286 e. The van der Waals surface area contributed by atoms with Gasteiger partial charge in [-0.05, 0) is 31.2 Å². The lowest BCUT2D eigenvalue weighted by Crippen LogP contribution is -2.48. The molecule has 2 aliphatic rings. The minimum Gasteiger partial charge on any atom is -0.377 e. The molecule has 9 nitrogen and oxygen atoms in total. The van der Waals surface area contributed by atoms with Crippen molar-refractivity contribution in [3.63, 3.8) is 0 Å². The number of morpholine rings is 1. The van der Waals surface area contributed by atoms with Gasteiger partial charge in [0.2, 0.25) is 11.6 Å². The maximum Gasteiger partial charge on any atom is 0.286 e. The highest BCUT2D eigenvalue weighted by atomic mass is 19.3. The molecule has 36 heavy (non-hydrogen) atoms. The Kier molecular flexibility index (Phi) is 6.42. The highest BCUT2D eigenvalue weighted by Gasteiger charge is 2.49. The number of carbonyl (C=O) groups excluding carboxylic acids is 1. The standard InChI is InChI=1S/C25H27F2N7O2/c1-15-14-36-11-10-34(15)21-12-20(16-6-8-17(9-7-16)29-22(35)13-28)30-24(31-21)25(23(26)27)32-18-4-2-3-5-19(18)33-25/h2-9,12,15,23,32-33H,10-11,13-14,28H2,1H3,(H,29,35)/t15-/m0/s1. The molecule has 2 aliphatic heterocycles. The van der Waals surface area contributed by atoms with Crippen LogP contribution >= 0.6 is 0 Å². The number of para-hydroxylation sites is 2. The minimum absolute atomic E-state index is 0.00685. The molecule has 1 atom stereocenters. The van der Waals surface area contributed by atoms with Crippen molar-refractivity contribution in [2.75, 3.05) is 47.2 Å². The molecule has 188 valence electrons. The van der Waals surface area contributed by atoms with Crippen molar-refractivity contribution in [2.24, 2.45) is 5.73 Å². The number of halogens is 2. The summed E-state index contributed by atoms with van der Waals surface area (Å²) in [4.78, 5) is 22.9. The van der Waals surface area contributed by atoms with Gasteiger partial charge in [0, 0.05) is 23.9 Å². The van der Waals surface area contributed by atoms with E-state index >= 15 is 0 Å². The first kappa shape index (κ1) is 23.9. The van der Waals surface area contributed by atoms with Crippen molar-refractivity contribution in [1.82, 2.24) is 9.97 Å². The summed E-state index contributed by atoms with van der Waals surface area (Å²) < 4.78 is 35.1. The minimum atomic E-state index is -2.86. The molecule has 2 aromatic carbocycles. The maximum atomic E-state index is 14.7. The van der Waals surface area contributed by atoms with Gasteiger partial charge in [0.1, 0.15) is 5.82 Å². The van der Waals surface area contributed by atoms with E-state index in [4.69, 9.17) is 10.5 Å². The number of ether oxygens (including phenoxy) is 1. The quantitative estimate of drug-likeness (QED) is 0.412. The normalized spacial score (nSPS) is 18.4. The topological polar surface area (TPSA) is 117 Å². The zero-order valence-electron chi connectivity index (χ0n) is 19.7. The molecular weight excluding hydrogens is 468 g/mol. The molecular formula is C25H27F2N7O2.